The van der Waals surface area contributed by atoms with Crippen molar-refractivity contribution in [3.63, 3.8) is 0 Å². The van der Waals surface area contributed by atoms with Gasteiger partial charge in [0.1, 0.15) is 0 Å². The number of anilines is 1. The van der Waals surface area contributed by atoms with Crippen molar-refractivity contribution in [3.05, 3.63) is 70.9 Å². The Kier molecular flexibility index (Phi) is 6.31. The number of hydrogen-bond acceptors (Lipinski definition) is 4. The summed E-state index contributed by atoms with van der Waals surface area (Å²) in [5.41, 5.74) is 5.20. The molecule has 1 atom stereocenters. The molecule has 0 bridgehead atoms. The molecule has 3 aromatic rings. The van der Waals surface area contributed by atoms with E-state index in [0.717, 1.165) is 60.7 Å². The fraction of sp³-hybridized carbons (Fsp3) is 0.346. The molecule has 1 heterocycles. The molecule has 4 rings (SSSR count). The number of carbonyl (C=O) groups excluding carboxylic acids is 2. The molecule has 2 aromatic carbocycles. The van der Waals surface area contributed by atoms with Crippen LogP contribution in [0.25, 0.3) is 10.9 Å². The van der Waals surface area contributed by atoms with Gasteiger partial charge in [0.15, 0.2) is 6.10 Å². The molecule has 0 unspecified atom stereocenters. The first-order valence-corrected chi connectivity index (χ1v) is 11.1. The fourth-order valence-electron chi connectivity index (χ4n) is 4.12. The molecule has 1 aromatic heterocycles. The lowest BCUT2D eigenvalue weighted by molar-refractivity contribution is -0.123. The minimum absolute atomic E-state index is 0.345. The van der Waals surface area contributed by atoms with Crippen LogP contribution in [0.3, 0.4) is 0 Å². The van der Waals surface area contributed by atoms with E-state index < -0.39 is 12.1 Å². The maximum atomic E-state index is 13.3. The van der Waals surface area contributed by atoms with Crippen molar-refractivity contribution in [1.29, 1.82) is 0 Å². The molecule has 0 radical (unpaired) electrons. The molecule has 0 saturated carbocycles. The van der Waals surface area contributed by atoms with Gasteiger partial charge in [-0.2, -0.15) is 0 Å². The van der Waals surface area contributed by atoms with Crippen molar-refractivity contribution in [3.8, 4) is 0 Å². The summed E-state index contributed by atoms with van der Waals surface area (Å²) >= 11 is 0. The molecule has 5 nitrogen and oxygen atoms in total. The number of benzene rings is 2. The summed E-state index contributed by atoms with van der Waals surface area (Å²) in [5.74, 6) is -0.803. The number of nitrogens with zero attached hydrogens (tertiary/aromatic N) is 1. The van der Waals surface area contributed by atoms with E-state index in [9.17, 15) is 9.59 Å². The minimum atomic E-state index is -0.910. The van der Waals surface area contributed by atoms with Gasteiger partial charge in [-0.25, -0.2) is 4.79 Å². The van der Waals surface area contributed by atoms with Crippen LogP contribution in [0.1, 0.15) is 60.3 Å². The summed E-state index contributed by atoms with van der Waals surface area (Å²) in [7, 11) is 0. The predicted molar refractivity (Wildman–Crippen MR) is 122 cm³/mol. The van der Waals surface area contributed by atoms with E-state index in [1.807, 2.05) is 48.5 Å². The van der Waals surface area contributed by atoms with E-state index in [1.165, 1.54) is 5.56 Å². The first-order chi connectivity index (χ1) is 15.1. The van der Waals surface area contributed by atoms with Crippen LogP contribution in [0.15, 0.2) is 48.5 Å². The Morgan fingerprint density at radius 1 is 1.03 bits per heavy atom. The molecule has 5 heteroatoms. The third-order valence-electron chi connectivity index (χ3n) is 5.91. The van der Waals surface area contributed by atoms with Gasteiger partial charge in [0.25, 0.3) is 5.91 Å². The van der Waals surface area contributed by atoms with Gasteiger partial charge in [-0.3, -0.25) is 9.78 Å². The van der Waals surface area contributed by atoms with Crippen LogP contribution in [0.5, 0.6) is 0 Å². The number of hydrogen-bond donors (Lipinski definition) is 1. The quantitative estimate of drug-likeness (QED) is 0.456. The normalized spacial score (nSPS) is 14.4. The van der Waals surface area contributed by atoms with Gasteiger partial charge in [0.2, 0.25) is 0 Å². The van der Waals surface area contributed by atoms with Crippen LogP contribution >= 0.6 is 0 Å². The van der Waals surface area contributed by atoms with Gasteiger partial charge in [-0.15, -0.1) is 0 Å². The largest absolute Gasteiger partial charge is 0.449 e. The molecule has 1 aliphatic carbocycles. The number of amides is 1. The molecular weight excluding hydrogens is 388 g/mol. The Morgan fingerprint density at radius 3 is 2.55 bits per heavy atom. The third kappa shape index (κ3) is 4.61. The Labute approximate surface area is 182 Å². The number of esters is 1. The molecule has 1 N–H and O–H groups in total. The lowest BCUT2D eigenvalue weighted by Crippen LogP contribution is -2.30. The minimum Gasteiger partial charge on any atom is -0.449 e. The Balaban J connectivity index is 1.57. The zero-order valence-corrected chi connectivity index (χ0v) is 18.1. The van der Waals surface area contributed by atoms with Crippen molar-refractivity contribution in [2.24, 2.45) is 0 Å². The van der Waals surface area contributed by atoms with Crippen molar-refractivity contribution in [2.45, 2.75) is 58.5 Å². The van der Waals surface area contributed by atoms with Crippen molar-refractivity contribution in [2.75, 3.05) is 5.32 Å². The Morgan fingerprint density at radius 2 is 1.77 bits per heavy atom. The summed E-state index contributed by atoms with van der Waals surface area (Å²) in [6, 6.07) is 15.3. The molecule has 0 saturated heterocycles. The van der Waals surface area contributed by atoms with Gasteiger partial charge >= 0.3 is 5.97 Å². The zero-order valence-electron chi connectivity index (χ0n) is 18.1. The van der Waals surface area contributed by atoms with Crippen LogP contribution in [-0.4, -0.2) is 23.0 Å². The SMILES string of the molecule is CCc1ccc(NC(=O)[C@@H](C)OC(=O)c2c3c(nc4ccccc24)CCCCC3)cc1. The van der Waals surface area contributed by atoms with Crippen molar-refractivity contribution >= 4 is 28.5 Å². The molecule has 160 valence electrons. The second-order valence-electron chi connectivity index (χ2n) is 8.08. The zero-order chi connectivity index (χ0) is 21.8. The van der Waals surface area contributed by atoms with Gasteiger partial charge in [-0.05, 0) is 68.4 Å². The second-order valence-corrected chi connectivity index (χ2v) is 8.08. The lowest BCUT2D eigenvalue weighted by atomic mass is 9.97. The van der Waals surface area contributed by atoms with Crippen molar-refractivity contribution < 1.29 is 14.3 Å². The van der Waals surface area contributed by atoms with Gasteiger partial charge in [-0.1, -0.05) is 43.7 Å². The molecule has 31 heavy (non-hydrogen) atoms. The highest BCUT2D eigenvalue weighted by Gasteiger charge is 2.26. The summed E-state index contributed by atoms with van der Waals surface area (Å²) in [6.07, 6.45) is 4.92. The van der Waals surface area contributed by atoms with E-state index >= 15 is 0 Å². The molecule has 0 fully saturated rings. The lowest BCUT2D eigenvalue weighted by Gasteiger charge is -2.18. The molecule has 1 aliphatic rings. The highest BCUT2D eigenvalue weighted by Crippen LogP contribution is 2.29. The number of para-hydroxylation sites is 1. The molecule has 0 spiro atoms. The number of rotatable bonds is 5. The van der Waals surface area contributed by atoms with Gasteiger partial charge in [0, 0.05) is 16.8 Å². The van der Waals surface area contributed by atoms with Crippen LogP contribution < -0.4 is 5.32 Å². The highest BCUT2D eigenvalue weighted by atomic mass is 16.5. The van der Waals surface area contributed by atoms with Crippen LogP contribution in [0, 0.1) is 0 Å². The number of pyridine rings is 1. The number of ether oxygens (including phenoxy) is 1. The summed E-state index contributed by atoms with van der Waals surface area (Å²) in [6.45, 7) is 3.69. The number of nitrogens with one attached hydrogen (secondary N) is 1. The van der Waals surface area contributed by atoms with Crippen LogP contribution in [0.2, 0.25) is 0 Å². The first kappa shape index (κ1) is 21.0. The smallest absolute Gasteiger partial charge is 0.339 e. The van der Waals surface area contributed by atoms with Crippen molar-refractivity contribution in [1.82, 2.24) is 4.98 Å². The maximum absolute atomic E-state index is 13.3. The topological polar surface area (TPSA) is 68.3 Å². The van der Waals surface area contributed by atoms with E-state index in [-0.39, 0.29) is 5.91 Å². The third-order valence-corrected chi connectivity index (χ3v) is 5.91. The van der Waals surface area contributed by atoms with Crippen LogP contribution in [0.4, 0.5) is 5.69 Å². The fourth-order valence-corrected chi connectivity index (χ4v) is 4.12. The first-order valence-electron chi connectivity index (χ1n) is 11.1. The molecule has 0 aliphatic heterocycles. The average Bonchev–Trinajstić information content (AvgIpc) is 3.02. The molecular formula is C26H28N2O3. The maximum Gasteiger partial charge on any atom is 0.339 e. The van der Waals surface area contributed by atoms with E-state index in [2.05, 4.69) is 12.2 Å². The summed E-state index contributed by atoms with van der Waals surface area (Å²) in [4.78, 5) is 30.7. The van der Waals surface area contributed by atoms with Gasteiger partial charge < -0.3 is 10.1 Å². The molecule has 1 amide bonds. The summed E-state index contributed by atoms with van der Waals surface area (Å²) < 4.78 is 5.65. The Hall–Kier alpha value is -3.21. The number of fused-ring (bicyclic) bond motifs is 2. The van der Waals surface area contributed by atoms with E-state index in [4.69, 9.17) is 9.72 Å². The standard InChI is InChI=1S/C26H28N2O3/c1-3-18-13-15-19(16-14-18)27-25(29)17(2)31-26(30)24-20-9-5-4-6-11-22(20)28-23-12-8-7-10-21(23)24/h7-8,10,12-17H,3-6,9,11H2,1-2H3,(H,27,29)/t17-/m1/s1. The Bertz CT molecular complexity index is 1110. The number of carbonyl (C=O) groups is 2. The van der Waals surface area contributed by atoms with E-state index in [1.54, 1.807) is 6.92 Å². The van der Waals surface area contributed by atoms with E-state index in [0.29, 0.717) is 11.3 Å². The predicted octanol–water partition coefficient (Wildman–Crippen LogP) is 5.25. The monoisotopic (exact) mass is 416 g/mol. The second kappa shape index (κ2) is 9.29. The number of aromatic nitrogens is 1. The van der Waals surface area contributed by atoms with Gasteiger partial charge in [0.05, 0.1) is 11.1 Å². The number of aryl methyl sites for hydroxylation is 2. The average molecular weight is 417 g/mol. The highest BCUT2D eigenvalue weighted by molar-refractivity contribution is 6.06. The van der Waals surface area contributed by atoms with Crippen LogP contribution in [-0.2, 0) is 28.8 Å². The summed E-state index contributed by atoms with van der Waals surface area (Å²) in [5, 5.41) is 3.62.